The molecule has 6 heteroatoms. The number of rotatable bonds is 4. The quantitative estimate of drug-likeness (QED) is 0.293. The normalized spacial score (nSPS) is 23.9. The highest BCUT2D eigenvalue weighted by atomic mass is 35.5. The van der Waals surface area contributed by atoms with E-state index in [9.17, 15) is 14.4 Å². The Morgan fingerprint density at radius 3 is 2.25 bits per heavy atom. The van der Waals surface area contributed by atoms with Crippen molar-refractivity contribution in [1.82, 2.24) is 4.90 Å². The summed E-state index contributed by atoms with van der Waals surface area (Å²) in [6.07, 6.45) is 3.84. The van der Waals surface area contributed by atoms with Crippen LogP contribution in [-0.4, -0.2) is 28.4 Å². The Bertz CT molecular complexity index is 1730. The summed E-state index contributed by atoms with van der Waals surface area (Å²) in [5.74, 6) is -1.75. The number of ketones is 2. The lowest BCUT2D eigenvalue weighted by Gasteiger charge is -2.38. The van der Waals surface area contributed by atoms with Gasteiger partial charge in [-0.05, 0) is 60.0 Å². The van der Waals surface area contributed by atoms with Crippen LogP contribution in [0.25, 0.3) is 6.08 Å². The van der Waals surface area contributed by atoms with Gasteiger partial charge in [-0.15, -0.1) is 0 Å². The summed E-state index contributed by atoms with van der Waals surface area (Å²) >= 11 is 6.17. The van der Waals surface area contributed by atoms with Gasteiger partial charge >= 0.3 is 0 Å². The highest BCUT2D eigenvalue weighted by Crippen LogP contribution is 2.62. The summed E-state index contributed by atoms with van der Waals surface area (Å²) in [6, 6.07) is 28.0. The van der Waals surface area contributed by atoms with Crippen LogP contribution in [0.2, 0.25) is 5.02 Å². The Kier molecular flexibility index (Phi) is 5.55. The van der Waals surface area contributed by atoms with Crippen molar-refractivity contribution < 1.29 is 14.4 Å². The van der Waals surface area contributed by atoms with Crippen LogP contribution in [0.1, 0.15) is 49.0 Å². The van der Waals surface area contributed by atoms with Crippen molar-refractivity contribution in [2.75, 3.05) is 5.32 Å². The molecule has 7 rings (SSSR count). The second-order valence-corrected chi connectivity index (χ2v) is 11.1. The number of hydrogen-bond donors (Lipinski definition) is 1. The van der Waals surface area contributed by atoms with E-state index in [1.807, 2.05) is 84.8 Å². The third-order valence-electron chi connectivity index (χ3n) is 8.59. The molecule has 4 atom stereocenters. The molecular formula is C34H25ClN2O3. The van der Waals surface area contributed by atoms with E-state index < -0.39 is 23.4 Å². The van der Waals surface area contributed by atoms with Gasteiger partial charge in [0.25, 0.3) is 0 Å². The van der Waals surface area contributed by atoms with Crippen LogP contribution in [0, 0.1) is 12.8 Å². The second kappa shape index (κ2) is 9.04. The van der Waals surface area contributed by atoms with Crippen LogP contribution in [-0.2, 0) is 10.2 Å². The van der Waals surface area contributed by atoms with Crippen molar-refractivity contribution in [3.05, 3.63) is 142 Å². The standard InChI is InChI=1S/C34H25ClN2O3/c1-20-10-12-23(13-11-20)31(39)29-28(30(38)22-14-16-24(35)17-15-22)34(26-8-4-5-9-27(26)36-33(34)40)32-25-7-3-2-6-21(25)18-19-37(29)32/h2-19,28-29,32H,1H3,(H,36,40). The first-order valence-corrected chi connectivity index (χ1v) is 13.7. The van der Waals surface area contributed by atoms with Gasteiger partial charge in [0.05, 0.1) is 12.0 Å². The van der Waals surface area contributed by atoms with Gasteiger partial charge in [-0.1, -0.05) is 83.9 Å². The number of fused-ring (bicyclic) bond motifs is 6. The Morgan fingerprint density at radius 2 is 1.48 bits per heavy atom. The van der Waals surface area contributed by atoms with Gasteiger partial charge < -0.3 is 10.2 Å². The number of nitrogens with one attached hydrogen (secondary N) is 1. The van der Waals surface area contributed by atoms with Gasteiger partial charge in [-0.2, -0.15) is 0 Å². The van der Waals surface area contributed by atoms with E-state index in [1.165, 1.54) is 0 Å². The lowest BCUT2D eigenvalue weighted by Crippen LogP contribution is -2.49. The van der Waals surface area contributed by atoms with E-state index in [2.05, 4.69) is 5.32 Å². The number of nitrogens with zero attached hydrogens (tertiary/aromatic N) is 1. The number of amides is 1. The SMILES string of the molecule is Cc1ccc(C(=O)C2C(C(=O)c3ccc(Cl)cc3)C3(C(=O)Nc4ccccc43)C3c4ccccc4C=CN23)cc1. The number of halogens is 1. The maximum atomic E-state index is 14.7. The predicted molar refractivity (Wildman–Crippen MR) is 155 cm³/mol. The third kappa shape index (κ3) is 3.37. The van der Waals surface area contributed by atoms with Gasteiger partial charge in [-0.3, -0.25) is 14.4 Å². The molecule has 1 saturated heterocycles. The largest absolute Gasteiger partial charge is 0.358 e. The van der Waals surface area contributed by atoms with Crippen molar-refractivity contribution in [2.45, 2.75) is 24.4 Å². The average molecular weight is 545 g/mol. The molecule has 1 amide bonds. The minimum atomic E-state index is -1.35. The van der Waals surface area contributed by atoms with Crippen molar-refractivity contribution in [3.63, 3.8) is 0 Å². The number of anilines is 1. The van der Waals surface area contributed by atoms with Crippen LogP contribution >= 0.6 is 11.6 Å². The molecule has 1 fully saturated rings. The monoisotopic (exact) mass is 544 g/mol. The molecule has 3 aliphatic heterocycles. The van der Waals surface area contributed by atoms with Crippen LogP contribution in [0.15, 0.2) is 103 Å². The Hall–Kier alpha value is -4.48. The van der Waals surface area contributed by atoms with E-state index in [-0.39, 0.29) is 17.5 Å². The van der Waals surface area contributed by atoms with E-state index >= 15 is 0 Å². The molecule has 0 aromatic heterocycles. The maximum Gasteiger partial charge on any atom is 0.238 e. The summed E-state index contributed by atoms with van der Waals surface area (Å²) < 4.78 is 0. The fraction of sp³-hybridized carbons (Fsp3) is 0.147. The first kappa shape index (κ1) is 24.6. The molecule has 0 aliphatic carbocycles. The zero-order valence-corrected chi connectivity index (χ0v) is 22.4. The third-order valence-corrected chi connectivity index (χ3v) is 8.84. The van der Waals surface area contributed by atoms with E-state index in [4.69, 9.17) is 11.6 Å². The van der Waals surface area contributed by atoms with Gasteiger partial charge in [-0.25, -0.2) is 0 Å². The molecule has 40 heavy (non-hydrogen) atoms. The summed E-state index contributed by atoms with van der Waals surface area (Å²) in [5, 5.41) is 3.57. The van der Waals surface area contributed by atoms with Gasteiger partial charge in [0, 0.05) is 28.0 Å². The van der Waals surface area contributed by atoms with Crippen LogP contribution in [0.4, 0.5) is 5.69 Å². The average Bonchev–Trinajstić information content (AvgIpc) is 3.45. The molecule has 4 unspecified atom stereocenters. The van der Waals surface area contributed by atoms with Gasteiger partial charge in [0.1, 0.15) is 11.5 Å². The Balaban J connectivity index is 1.53. The number of benzene rings is 4. The van der Waals surface area contributed by atoms with Gasteiger partial charge in [0.15, 0.2) is 11.6 Å². The molecule has 0 radical (unpaired) electrons. The number of Topliss-reactive ketones (excluding diaryl/α,β-unsaturated/α-hetero) is 2. The first-order chi connectivity index (χ1) is 19.4. The Morgan fingerprint density at radius 1 is 0.825 bits per heavy atom. The molecular weight excluding hydrogens is 520 g/mol. The molecule has 1 N–H and O–H groups in total. The van der Waals surface area contributed by atoms with Crippen LogP contribution in [0.3, 0.4) is 0 Å². The molecule has 0 bridgehead atoms. The summed E-state index contributed by atoms with van der Waals surface area (Å²) in [5.41, 5.74) is 3.85. The number of hydrogen-bond acceptors (Lipinski definition) is 4. The molecule has 1 spiro atoms. The summed E-state index contributed by atoms with van der Waals surface area (Å²) in [4.78, 5) is 45.6. The molecule has 5 nitrogen and oxygen atoms in total. The number of carbonyl (C=O) groups excluding carboxylic acids is 3. The lowest BCUT2D eigenvalue weighted by molar-refractivity contribution is -0.122. The second-order valence-electron chi connectivity index (χ2n) is 10.7. The van der Waals surface area contributed by atoms with Crippen molar-refractivity contribution >= 4 is 40.8 Å². The highest BCUT2D eigenvalue weighted by Gasteiger charge is 2.70. The van der Waals surface area contributed by atoms with Crippen molar-refractivity contribution in [3.8, 4) is 0 Å². The van der Waals surface area contributed by atoms with E-state index in [1.54, 1.807) is 36.4 Å². The van der Waals surface area contributed by atoms with Crippen LogP contribution in [0.5, 0.6) is 0 Å². The molecule has 3 aliphatic rings. The minimum absolute atomic E-state index is 0.199. The lowest BCUT2D eigenvalue weighted by atomic mass is 9.62. The molecule has 0 saturated carbocycles. The highest BCUT2D eigenvalue weighted by molar-refractivity contribution is 6.30. The predicted octanol–water partition coefficient (Wildman–Crippen LogP) is 6.63. The fourth-order valence-corrected chi connectivity index (χ4v) is 6.98. The smallest absolute Gasteiger partial charge is 0.238 e. The summed E-state index contributed by atoms with van der Waals surface area (Å²) in [7, 11) is 0. The number of aryl methyl sites for hydroxylation is 1. The molecule has 4 aromatic carbocycles. The molecule has 3 heterocycles. The van der Waals surface area contributed by atoms with Crippen molar-refractivity contribution in [2.24, 2.45) is 5.92 Å². The molecule has 4 aromatic rings. The minimum Gasteiger partial charge on any atom is -0.358 e. The summed E-state index contributed by atoms with van der Waals surface area (Å²) in [6.45, 7) is 1.96. The van der Waals surface area contributed by atoms with E-state index in [0.717, 1.165) is 22.3 Å². The topological polar surface area (TPSA) is 66.5 Å². The van der Waals surface area contributed by atoms with E-state index in [0.29, 0.717) is 21.8 Å². The fourth-order valence-electron chi connectivity index (χ4n) is 6.85. The number of para-hydroxylation sites is 1. The first-order valence-electron chi connectivity index (χ1n) is 13.3. The van der Waals surface area contributed by atoms with Crippen LogP contribution < -0.4 is 5.32 Å². The van der Waals surface area contributed by atoms with Gasteiger partial charge in [0.2, 0.25) is 5.91 Å². The maximum absolute atomic E-state index is 14.7. The van der Waals surface area contributed by atoms with Crippen molar-refractivity contribution in [1.29, 1.82) is 0 Å². The number of carbonyl (C=O) groups is 3. The molecule has 196 valence electrons. The zero-order valence-electron chi connectivity index (χ0n) is 21.7. The zero-order chi connectivity index (χ0) is 27.6. The Labute approximate surface area is 237 Å².